The van der Waals surface area contributed by atoms with E-state index in [1.807, 2.05) is 0 Å². The van der Waals surface area contributed by atoms with Gasteiger partial charge in [0.25, 0.3) is 5.91 Å². The number of halogens is 1. The number of anilines is 1. The third kappa shape index (κ3) is 2.84. The fraction of sp³-hybridized carbons (Fsp3) is 0.143. The van der Waals surface area contributed by atoms with Gasteiger partial charge < -0.3 is 15.2 Å². The maximum absolute atomic E-state index is 12.1. The molecular weight excluding hydrogens is 298 g/mol. The van der Waals surface area contributed by atoms with Gasteiger partial charge in [0, 0.05) is 21.0 Å². The first kappa shape index (κ1) is 14.6. The van der Waals surface area contributed by atoms with Gasteiger partial charge in [0.05, 0.1) is 5.97 Å². The highest BCUT2D eigenvalue weighted by Gasteiger charge is 2.16. The molecule has 1 heterocycles. The van der Waals surface area contributed by atoms with Crippen LogP contribution in [-0.2, 0) is 0 Å². The van der Waals surface area contributed by atoms with E-state index in [1.165, 1.54) is 11.3 Å². The van der Waals surface area contributed by atoms with Gasteiger partial charge in [-0.15, -0.1) is 11.3 Å². The molecule has 2 rings (SSSR count). The fourth-order valence-electron chi connectivity index (χ4n) is 1.74. The Morgan fingerprint density at radius 2 is 1.80 bits per heavy atom. The van der Waals surface area contributed by atoms with E-state index in [0.29, 0.717) is 21.2 Å². The molecule has 0 spiro atoms. The third-order valence-electron chi connectivity index (χ3n) is 2.92. The molecule has 0 bridgehead atoms. The number of benzene rings is 1. The highest BCUT2D eigenvalue weighted by Crippen LogP contribution is 2.32. The zero-order valence-corrected chi connectivity index (χ0v) is 12.4. The molecule has 2 aromatic rings. The van der Waals surface area contributed by atoms with Crippen LogP contribution in [0.25, 0.3) is 0 Å². The monoisotopic (exact) mass is 308 g/mol. The lowest BCUT2D eigenvalue weighted by Gasteiger charge is -2.08. The van der Waals surface area contributed by atoms with Gasteiger partial charge in [0.15, 0.2) is 0 Å². The van der Waals surface area contributed by atoms with E-state index in [-0.39, 0.29) is 11.5 Å². The first-order chi connectivity index (χ1) is 9.40. The molecule has 0 atom stereocenters. The first-order valence-electron chi connectivity index (χ1n) is 5.78. The Kier molecular flexibility index (Phi) is 4.11. The van der Waals surface area contributed by atoms with Crippen molar-refractivity contribution in [3.63, 3.8) is 0 Å². The summed E-state index contributed by atoms with van der Waals surface area (Å²) in [6, 6.07) is 6.34. The molecule has 6 heteroatoms. The Morgan fingerprint density at radius 3 is 2.35 bits per heavy atom. The van der Waals surface area contributed by atoms with Crippen LogP contribution in [0, 0.1) is 13.8 Å². The number of amides is 1. The number of carboxylic acid groups (broad SMARTS) is 1. The molecule has 0 aliphatic heterocycles. The van der Waals surface area contributed by atoms with Crippen LogP contribution in [-0.4, -0.2) is 11.9 Å². The number of carbonyl (C=O) groups is 2. The van der Waals surface area contributed by atoms with E-state index in [4.69, 9.17) is 11.6 Å². The number of aromatic carboxylic acids is 1. The molecule has 4 nitrogen and oxygen atoms in total. The molecule has 0 aliphatic carbocycles. The van der Waals surface area contributed by atoms with Crippen LogP contribution in [0.5, 0.6) is 0 Å². The summed E-state index contributed by atoms with van der Waals surface area (Å²) < 4.78 is 0. The smallest absolute Gasteiger partial charge is 0.256 e. The zero-order chi connectivity index (χ0) is 14.9. The van der Waals surface area contributed by atoms with Crippen molar-refractivity contribution < 1.29 is 14.7 Å². The van der Waals surface area contributed by atoms with Crippen LogP contribution in [0.1, 0.15) is 31.2 Å². The lowest BCUT2D eigenvalue weighted by molar-refractivity contribution is -0.254. The van der Waals surface area contributed by atoms with Crippen molar-refractivity contribution in [1.82, 2.24) is 0 Å². The number of hydrogen-bond donors (Lipinski definition) is 1. The standard InChI is InChI=1S/C14H12ClNO3S/c1-7-8(2)20-13(11(7)14(18)19)16-12(17)9-3-5-10(15)6-4-9/h3-6H,1-2H3,(H,16,17)(H,18,19)/p-1. The third-order valence-corrected chi connectivity index (χ3v) is 4.30. The van der Waals surface area contributed by atoms with E-state index in [9.17, 15) is 14.7 Å². The van der Waals surface area contributed by atoms with E-state index >= 15 is 0 Å². The molecule has 0 fully saturated rings. The predicted octanol–water partition coefficient (Wildman–Crippen LogP) is 2.63. The van der Waals surface area contributed by atoms with E-state index in [2.05, 4.69) is 5.32 Å². The number of aryl methyl sites for hydroxylation is 1. The quantitative estimate of drug-likeness (QED) is 0.947. The molecule has 104 valence electrons. The van der Waals surface area contributed by atoms with Crippen molar-refractivity contribution in [3.8, 4) is 0 Å². The van der Waals surface area contributed by atoms with Crippen molar-refractivity contribution in [2.75, 3.05) is 5.32 Å². The van der Waals surface area contributed by atoms with Crippen LogP contribution < -0.4 is 10.4 Å². The summed E-state index contributed by atoms with van der Waals surface area (Å²) in [6.07, 6.45) is 0. The SMILES string of the molecule is Cc1sc(NC(=O)c2ccc(Cl)cc2)c(C(=O)[O-])c1C. The number of carbonyl (C=O) groups excluding carboxylic acids is 2. The molecule has 1 N–H and O–H groups in total. The molecule has 20 heavy (non-hydrogen) atoms. The summed E-state index contributed by atoms with van der Waals surface area (Å²) in [4.78, 5) is 24.0. The maximum Gasteiger partial charge on any atom is 0.256 e. The Hall–Kier alpha value is -1.85. The molecule has 1 aromatic carbocycles. The predicted molar refractivity (Wildman–Crippen MR) is 77.5 cm³/mol. The Labute approximate surface area is 125 Å². The molecule has 0 radical (unpaired) electrons. The minimum Gasteiger partial charge on any atom is -0.545 e. The molecule has 0 aliphatic rings. The van der Waals surface area contributed by atoms with Crippen LogP contribution in [0.15, 0.2) is 24.3 Å². The summed E-state index contributed by atoms with van der Waals surface area (Å²) in [5.41, 5.74) is 1.05. The minimum atomic E-state index is -1.29. The fourth-order valence-corrected chi connectivity index (χ4v) is 2.91. The molecule has 1 amide bonds. The number of nitrogens with one attached hydrogen (secondary N) is 1. The number of carboxylic acids is 1. The molecule has 0 unspecified atom stereocenters. The second kappa shape index (κ2) is 5.64. The summed E-state index contributed by atoms with van der Waals surface area (Å²) in [6.45, 7) is 3.49. The van der Waals surface area contributed by atoms with Crippen molar-refractivity contribution in [2.24, 2.45) is 0 Å². The Morgan fingerprint density at radius 1 is 1.20 bits per heavy atom. The van der Waals surface area contributed by atoms with Crippen molar-refractivity contribution in [1.29, 1.82) is 0 Å². The van der Waals surface area contributed by atoms with Crippen LogP contribution in [0.4, 0.5) is 5.00 Å². The molecule has 1 aromatic heterocycles. The van der Waals surface area contributed by atoms with E-state index in [0.717, 1.165) is 4.88 Å². The Bertz CT molecular complexity index is 676. The largest absolute Gasteiger partial charge is 0.545 e. The van der Waals surface area contributed by atoms with Gasteiger partial charge in [0.2, 0.25) is 0 Å². The van der Waals surface area contributed by atoms with Gasteiger partial charge in [-0.25, -0.2) is 0 Å². The normalized spacial score (nSPS) is 10.3. The van der Waals surface area contributed by atoms with Crippen molar-refractivity contribution in [3.05, 3.63) is 50.9 Å². The summed E-state index contributed by atoms with van der Waals surface area (Å²) in [5, 5.41) is 14.6. The molecule has 0 saturated heterocycles. The van der Waals surface area contributed by atoms with Gasteiger partial charge in [-0.1, -0.05) is 11.6 Å². The minimum absolute atomic E-state index is 0.0369. The van der Waals surface area contributed by atoms with E-state index < -0.39 is 5.97 Å². The first-order valence-corrected chi connectivity index (χ1v) is 6.98. The number of thiophene rings is 1. The summed E-state index contributed by atoms with van der Waals surface area (Å²) in [5.74, 6) is -1.68. The highest BCUT2D eigenvalue weighted by atomic mass is 35.5. The molecular formula is C14H11ClNO3S-. The number of rotatable bonds is 3. The maximum atomic E-state index is 12.1. The highest BCUT2D eigenvalue weighted by molar-refractivity contribution is 7.16. The summed E-state index contributed by atoms with van der Waals surface area (Å²) in [7, 11) is 0. The lowest BCUT2D eigenvalue weighted by Crippen LogP contribution is -2.24. The second-order valence-electron chi connectivity index (χ2n) is 4.24. The summed E-state index contributed by atoms with van der Waals surface area (Å²) >= 11 is 6.97. The second-order valence-corrected chi connectivity index (χ2v) is 5.90. The van der Waals surface area contributed by atoms with Crippen LogP contribution in [0.2, 0.25) is 5.02 Å². The van der Waals surface area contributed by atoms with Crippen molar-refractivity contribution >= 4 is 39.8 Å². The van der Waals surface area contributed by atoms with Gasteiger partial charge >= 0.3 is 0 Å². The average molecular weight is 309 g/mol. The molecule has 0 saturated carbocycles. The van der Waals surface area contributed by atoms with Gasteiger partial charge in [-0.2, -0.15) is 0 Å². The van der Waals surface area contributed by atoms with Gasteiger partial charge in [0.1, 0.15) is 5.00 Å². The van der Waals surface area contributed by atoms with Crippen LogP contribution in [0.3, 0.4) is 0 Å². The number of hydrogen-bond acceptors (Lipinski definition) is 4. The van der Waals surface area contributed by atoms with Gasteiger partial charge in [-0.05, 0) is 43.7 Å². The topological polar surface area (TPSA) is 69.2 Å². The van der Waals surface area contributed by atoms with Crippen molar-refractivity contribution in [2.45, 2.75) is 13.8 Å². The Balaban J connectivity index is 2.30. The zero-order valence-electron chi connectivity index (χ0n) is 10.8. The average Bonchev–Trinajstić information content (AvgIpc) is 2.65. The van der Waals surface area contributed by atoms with E-state index in [1.54, 1.807) is 38.1 Å². The lowest BCUT2D eigenvalue weighted by atomic mass is 10.1. The van der Waals surface area contributed by atoms with Gasteiger partial charge in [-0.3, -0.25) is 4.79 Å². The van der Waals surface area contributed by atoms with Crippen LogP contribution >= 0.6 is 22.9 Å².